The van der Waals surface area contributed by atoms with Gasteiger partial charge >= 0.3 is 12.1 Å². The summed E-state index contributed by atoms with van der Waals surface area (Å²) in [5.74, 6) is -2.36. The maximum Gasteiger partial charge on any atom is 0.411 e. The number of carboxylic acid groups (broad SMARTS) is 1. The zero-order valence-electron chi connectivity index (χ0n) is 53.5. The van der Waals surface area contributed by atoms with Gasteiger partial charge in [0.05, 0.1) is 64.4 Å². The molecule has 3 amide bonds. The van der Waals surface area contributed by atoms with Crippen molar-refractivity contribution in [3.63, 3.8) is 0 Å². The molecule has 5 aromatic rings. The lowest BCUT2D eigenvalue weighted by molar-refractivity contribution is -0.120. The van der Waals surface area contributed by atoms with Crippen LogP contribution in [0.2, 0.25) is 0 Å². The van der Waals surface area contributed by atoms with Crippen molar-refractivity contribution in [3.8, 4) is 28.7 Å². The number of H-pyrrole nitrogens is 2. The summed E-state index contributed by atoms with van der Waals surface area (Å²) in [6.45, 7) is 12.6. The number of anilines is 3. The Hall–Kier alpha value is -10.6. The van der Waals surface area contributed by atoms with Crippen LogP contribution in [-0.4, -0.2) is 123 Å². The predicted molar refractivity (Wildman–Crippen MR) is 358 cm³/mol. The number of amides is 3. The number of aromatic hydroxyl groups is 1. The molecule has 94 heavy (non-hydrogen) atoms. The number of aryl methyl sites for hydroxylation is 1. The fourth-order valence-corrected chi connectivity index (χ4v) is 11.0. The van der Waals surface area contributed by atoms with Crippen molar-refractivity contribution in [1.82, 2.24) is 25.1 Å². The summed E-state index contributed by atoms with van der Waals surface area (Å²) in [6, 6.07) is 22.4. The Bertz CT molecular complexity index is 4240. The minimum atomic E-state index is -1.11. The van der Waals surface area contributed by atoms with Crippen molar-refractivity contribution in [2.45, 2.75) is 105 Å². The van der Waals surface area contributed by atoms with E-state index in [0.717, 1.165) is 33.9 Å². The minimum Gasteiger partial charge on any atom is -0.494 e. The Morgan fingerprint density at radius 1 is 0.798 bits per heavy atom. The zero-order chi connectivity index (χ0) is 67.4. The van der Waals surface area contributed by atoms with E-state index in [0.29, 0.717) is 90.1 Å². The molecule has 0 spiro atoms. The summed E-state index contributed by atoms with van der Waals surface area (Å²) in [5, 5.41) is 44.6. The molecule has 0 saturated heterocycles. The average molecular weight is 1280 g/mol. The minimum absolute atomic E-state index is 0.0258. The number of nitrogens with one attached hydrogen (secondary N) is 4. The number of Topliss-reactive ketones (excluding diaryl/α,β-unsaturated/α-hetero) is 1. The van der Waals surface area contributed by atoms with Gasteiger partial charge in [-0.1, -0.05) is 82.9 Å². The third-order valence-corrected chi connectivity index (χ3v) is 16.1. The smallest absolute Gasteiger partial charge is 0.411 e. The van der Waals surface area contributed by atoms with Crippen LogP contribution in [0.15, 0.2) is 122 Å². The quantitative estimate of drug-likeness (QED) is 0.0130. The molecule has 3 aliphatic heterocycles. The summed E-state index contributed by atoms with van der Waals surface area (Å²) >= 11 is 0. The number of carbonyl (C=O) groups excluding carboxylic acids is 5. The number of rotatable bonds is 29. The number of aromatic amines is 2. The fourth-order valence-electron chi connectivity index (χ4n) is 11.0. The third kappa shape index (κ3) is 16.7. The van der Waals surface area contributed by atoms with E-state index in [-0.39, 0.29) is 62.4 Å². The second-order valence-electron chi connectivity index (χ2n) is 22.4. The van der Waals surface area contributed by atoms with Crippen molar-refractivity contribution >= 4 is 76.7 Å². The molecule has 0 saturated carbocycles. The molecular weight excluding hydrogens is 1200 g/mol. The first-order valence-electron chi connectivity index (χ1n) is 31.3. The lowest BCUT2D eigenvalue weighted by Crippen LogP contribution is -2.38. The third-order valence-electron chi connectivity index (χ3n) is 16.1. The van der Waals surface area contributed by atoms with E-state index in [9.17, 15) is 48.6 Å². The van der Waals surface area contributed by atoms with Crippen molar-refractivity contribution in [1.29, 1.82) is 0 Å². The number of allylic oxidation sites excluding steroid dienone is 2. The van der Waals surface area contributed by atoms with Gasteiger partial charge in [0.15, 0.2) is 23.0 Å². The lowest BCUT2D eigenvalue weighted by Gasteiger charge is -2.23. The van der Waals surface area contributed by atoms with Crippen molar-refractivity contribution in [2.24, 2.45) is 10.1 Å². The summed E-state index contributed by atoms with van der Waals surface area (Å²) < 4.78 is 16.5. The molecular formula is C70H78N10O14. The Kier molecular flexibility index (Phi) is 24.4. The number of aromatic carboxylic acids is 1. The lowest BCUT2D eigenvalue weighted by atomic mass is 9.87. The maximum atomic E-state index is 13.6. The molecule has 7 N–H and O–H groups in total. The predicted octanol–water partition coefficient (Wildman–Crippen LogP) is 9.28. The van der Waals surface area contributed by atoms with Gasteiger partial charge in [-0.05, 0) is 148 Å². The molecule has 4 aromatic carbocycles. The number of aromatic nitrogens is 4. The largest absolute Gasteiger partial charge is 0.494 e. The van der Waals surface area contributed by atoms with Crippen LogP contribution >= 0.6 is 0 Å². The molecule has 492 valence electrons. The monoisotopic (exact) mass is 1280 g/mol. The summed E-state index contributed by atoms with van der Waals surface area (Å²) in [7, 11) is 1.26. The highest BCUT2D eigenvalue weighted by atomic mass is 16.5. The number of ether oxygens (including phenoxy) is 3. The molecule has 24 nitrogen and oxygen atoms in total. The van der Waals surface area contributed by atoms with E-state index in [4.69, 9.17) is 24.3 Å². The van der Waals surface area contributed by atoms with Crippen LogP contribution in [0, 0.1) is 20.8 Å². The Balaban J connectivity index is 0.000000242. The SMILES string of the molecule is CCCCCCCCCCCCOCCCNC(=O)C1=CC(=Nc2ccc(N(CC)CCO)cc2C)c2c(NC(=O)OC)cccc2C1=O.Cc1c(C=C/C=c2/c(C)c3c([nH]c2=O)=NN(c2ccc(C(=O)O)cc2)C3=O)c(O)[nH]c2nn(-c3ccc(OC=O)cc3)c(=O)c1-2. The first-order valence-corrected chi connectivity index (χ1v) is 31.3. The van der Waals surface area contributed by atoms with Gasteiger partial charge in [-0.3, -0.25) is 34.1 Å². The first-order chi connectivity index (χ1) is 45.4. The highest BCUT2D eigenvalue weighted by Crippen LogP contribution is 2.34. The number of nitrogens with zero attached hydrogens (tertiary/aromatic N) is 6. The number of likely N-dealkylation sites (N-methyl/N-ethyl adjacent to an activating group) is 1. The number of fused-ring (bicyclic) bond motifs is 3. The molecule has 4 heterocycles. The van der Waals surface area contributed by atoms with E-state index >= 15 is 0 Å². The topological polar surface area (TPSA) is 330 Å². The van der Waals surface area contributed by atoms with Crippen LogP contribution in [0.4, 0.5) is 27.5 Å². The van der Waals surface area contributed by atoms with Gasteiger partial charge in [0.1, 0.15) is 5.75 Å². The highest BCUT2D eigenvalue weighted by Gasteiger charge is 2.32. The van der Waals surface area contributed by atoms with E-state index in [2.05, 4.69) is 42.6 Å². The van der Waals surface area contributed by atoms with Crippen LogP contribution < -0.4 is 47.1 Å². The zero-order valence-corrected chi connectivity index (χ0v) is 53.5. The van der Waals surface area contributed by atoms with E-state index in [1.807, 2.05) is 32.0 Å². The number of carboxylic acids is 1. The van der Waals surface area contributed by atoms with Crippen LogP contribution in [0.5, 0.6) is 11.6 Å². The van der Waals surface area contributed by atoms with Gasteiger partial charge in [-0.2, -0.15) is 9.69 Å². The van der Waals surface area contributed by atoms with Gasteiger partial charge in [-0.15, -0.1) is 10.2 Å². The standard InChI is InChI=1S/C39H56N4O6.C31H22N6O8/c1-5-7-8-9-10-11-12-13-14-15-25-49-26-17-22-40-38(46)32-28-35(36-31(37(32)45)18-16-19-34(36)42-39(47)48-4)41-33-21-20-30(27-29(33)3)43(6-2)23-24-44;1-15-21(27(39)32-25-23(15)29(41)36(34-25)18-8-6-17(7-9-18)31(43)44)4-3-5-22-16(2)24-26(33-28(22)40)35-37(30(24)42)19-10-12-20(13-11-19)45-14-38/h16,18-21,27-28,44H,5-15,17,22-26H2,1-4H3,(H,40,46)(H,42,47);3-14H,1-2H3,(H,43,44)(H,32,34,39)(H2,33,35,40)/b;5-3?,21-4-. The maximum absolute atomic E-state index is 13.6. The van der Waals surface area contributed by atoms with E-state index < -0.39 is 40.8 Å². The normalized spacial score (nSPS) is 13.1. The van der Waals surface area contributed by atoms with Crippen molar-refractivity contribution in [2.75, 3.05) is 61.8 Å². The van der Waals surface area contributed by atoms with Crippen LogP contribution in [0.1, 0.15) is 143 Å². The summed E-state index contributed by atoms with van der Waals surface area (Å²) in [4.78, 5) is 113. The van der Waals surface area contributed by atoms with Gasteiger partial charge in [0, 0.05) is 60.4 Å². The molecule has 0 radical (unpaired) electrons. The fraction of sp³-hybridized carbons (Fsp3) is 0.329. The van der Waals surface area contributed by atoms with Crippen LogP contribution in [-0.2, 0) is 19.1 Å². The van der Waals surface area contributed by atoms with Gasteiger partial charge in [0.2, 0.25) is 0 Å². The number of hydrogen-bond acceptors (Lipinski definition) is 17. The van der Waals surface area contributed by atoms with Crippen LogP contribution in [0.25, 0.3) is 29.2 Å². The number of benzene rings is 4. The number of methoxy groups -OCH3 is 1. The number of aliphatic hydroxyl groups excluding tert-OH is 1. The molecule has 1 aromatic heterocycles. The van der Waals surface area contributed by atoms with Crippen LogP contribution in [0.3, 0.4) is 0 Å². The van der Waals surface area contributed by atoms with Crippen molar-refractivity contribution in [3.05, 3.63) is 179 Å². The van der Waals surface area contributed by atoms with Gasteiger partial charge < -0.3 is 49.7 Å². The molecule has 0 atom stereocenters. The molecule has 4 aliphatic rings. The number of aliphatic hydroxyl groups is 1. The Morgan fingerprint density at radius 3 is 2.15 bits per heavy atom. The number of ketones is 1. The molecule has 9 rings (SSSR count). The van der Waals surface area contributed by atoms with Gasteiger partial charge in [-0.25, -0.2) is 14.6 Å². The molecule has 1 aliphatic carbocycles. The number of unbranched alkanes of at least 4 members (excludes halogenated alkanes) is 9. The molecule has 0 fully saturated rings. The molecule has 0 bridgehead atoms. The highest BCUT2D eigenvalue weighted by molar-refractivity contribution is 6.37. The molecule has 0 unspecified atom stereocenters. The second kappa shape index (κ2) is 33.1. The Morgan fingerprint density at radius 2 is 1.49 bits per heavy atom. The number of aliphatic imine (C=N–C) groups is 1. The van der Waals surface area contributed by atoms with Crippen molar-refractivity contribution < 1.29 is 58.3 Å². The second-order valence-corrected chi connectivity index (χ2v) is 22.4. The Labute approximate surface area is 542 Å². The molecule has 24 heteroatoms. The number of carbonyl (C=O) groups is 6. The number of pyridine rings is 2. The summed E-state index contributed by atoms with van der Waals surface area (Å²) in [6.07, 6.45) is 18.7. The van der Waals surface area contributed by atoms with E-state index in [1.165, 1.54) is 126 Å². The summed E-state index contributed by atoms with van der Waals surface area (Å²) in [5.41, 5.74) is 5.22. The average Bonchev–Trinajstić information content (AvgIpc) is 1.37. The number of hydrogen-bond donors (Lipinski definition) is 7. The van der Waals surface area contributed by atoms with E-state index in [1.54, 1.807) is 44.2 Å². The first kappa shape index (κ1) is 69.3. The van der Waals surface area contributed by atoms with Gasteiger partial charge in [0.25, 0.3) is 29.4 Å².